The first-order valence-electron chi connectivity index (χ1n) is 10.6. The molecule has 1 aliphatic rings. The summed E-state index contributed by atoms with van der Waals surface area (Å²) < 4.78 is 16.6. The largest absolute Gasteiger partial charge is 0.506 e. The van der Waals surface area contributed by atoms with Gasteiger partial charge in [0.25, 0.3) is 0 Å². The highest BCUT2D eigenvalue weighted by Crippen LogP contribution is 2.37. The maximum atomic E-state index is 12.8. The molecule has 0 saturated carbocycles. The number of benzene rings is 2. The smallest absolute Gasteiger partial charge is 0.312 e. The van der Waals surface area contributed by atoms with Crippen molar-refractivity contribution in [2.24, 2.45) is 5.41 Å². The highest BCUT2D eigenvalue weighted by molar-refractivity contribution is 6.32. The van der Waals surface area contributed by atoms with Gasteiger partial charge in [-0.2, -0.15) is 0 Å². The van der Waals surface area contributed by atoms with E-state index < -0.39 is 5.41 Å². The third-order valence-electron chi connectivity index (χ3n) is 5.83. The second-order valence-electron chi connectivity index (χ2n) is 7.84. The highest BCUT2D eigenvalue weighted by Gasteiger charge is 2.42. The summed E-state index contributed by atoms with van der Waals surface area (Å²) in [6.07, 6.45) is 2.01. The van der Waals surface area contributed by atoms with Crippen LogP contribution in [0, 0.1) is 5.41 Å². The Balaban J connectivity index is 1.60. The number of halogens is 1. The van der Waals surface area contributed by atoms with E-state index in [-0.39, 0.29) is 11.7 Å². The molecule has 0 atom stereocenters. The van der Waals surface area contributed by atoms with Crippen LogP contribution in [0.25, 0.3) is 0 Å². The van der Waals surface area contributed by atoms with Gasteiger partial charge < -0.3 is 19.3 Å². The van der Waals surface area contributed by atoms with Gasteiger partial charge >= 0.3 is 5.97 Å². The van der Waals surface area contributed by atoms with Crippen molar-refractivity contribution in [2.45, 2.75) is 32.7 Å². The number of methoxy groups -OCH3 is 1. The lowest BCUT2D eigenvalue weighted by molar-refractivity contribution is -0.159. The average Bonchev–Trinajstić information content (AvgIpc) is 2.78. The zero-order valence-electron chi connectivity index (χ0n) is 18.1. The molecule has 0 aromatic heterocycles. The monoisotopic (exact) mass is 447 g/mol. The van der Waals surface area contributed by atoms with Gasteiger partial charge in [0.15, 0.2) is 0 Å². The molecule has 31 heavy (non-hydrogen) atoms. The Labute approximate surface area is 188 Å². The van der Waals surface area contributed by atoms with Crippen molar-refractivity contribution < 1.29 is 24.1 Å². The van der Waals surface area contributed by atoms with E-state index in [1.807, 2.05) is 37.3 Å². The summed E-state index contributed by atoms with van der Waals surface area (Å²) in [4.78, 5) is 15.1. The van der Waals surface area contributed by atoms with Crippen LogP contribution in [-0.2, 0) is 16.1 Å². The Morgan fingerprint density at radius 1 is 1.16 bits per heavy atom. The topological polar surface area (TPSA) is 68.2 Å². The summed E-state index contributed by atoms with van der Waals surface area (Å²) in [5.41, 5.74) is 0.491. The van der Waals surface area contributed by atoms with Crippen molar-refractivity contribution in [3.63, 3.8) is 0 Å². The van der Waals surface area contributed by atoms with Crippen LogP contribution in [0.2, 0.25) is 5.02 Å². The number of likely N-dealkylation sites (tertiary alicyclic amines) is 1. The second kappa shape index (κ2) is 10.7. The van der Waals surface area contributed by atoms with Crippen LogP contribution in [0.5, 0.6) is 17.2 Å². The molecule has 0 aliphatic carbocycles. The molecule has 0 unspecified atom stereocenters. The van der Waals surface area contributed by atoms with E-state index in [9.17, 15) is 9.90 Å². The van der Waals surface area contributed by atoms with E-state index in [2.05, 4.69) is 4.90 Å². The molecular formula is C24H30ClNO5. The third kappa shape index (κ3) is 6.05. The van der Waals surface area contributed by atoms with E-state index in [0.29, 0.717) is 37.5 Å². The van der Waals surface area contributed by atoms with Crippen LogP contribution in [0.3, 0.4) is 0 Å². The van der Waals surface area contributed by atoms with E-state index in [1.54, 1.807) is 19.2 Å². The Morgan fingerprint density at radius 3 is 2.58 bits per heavy atom. The van der Waals surface area contributed by atoms with Gasteiger partial charge in [-0.25, -0.2) is 0 Å². The number of phenolic OH excluding ortho intramolecular Hbond substituents is 1. The molecular weight excluding hydrogens is 418 g/mol. The Hall–Kier alpha value is -2.44. The Bertz CT molecular complexity index is 880. The van der Waals surface area contributed by atoms with Gasteiger partial charge in [-0.3, -0.25) is 9.69 Å². The predicted octanol–water partition coefficient (Wildman–Crippen LogP) is 4.67. The van der Waals surface area contributed by atoms with Crippen LogP contribution < -0.4 is 9.47 Å². The molecule has 0 amide bonds. The van der Waals surface area contributed by atoms with Gasteiger partial charge in [-0.05, 0) is 69.1 Å². The summed E-state index contributed by atoms with van der Waals surface area (Å²) in [6, 6.07) is 12.7. The fourth-order valence-electron chi connectivity index (χ4n) is 3.94. The van der Waals surface area contributed by atoms with Gasteiger partial charge in [-0.15, -0.1) is 0 Å². The predicted molar refractivity (Wildman–Crippen MR) is 120 cm³/mol. The lowest BCUT2D eigenvalue weighted by Crippen LogP contribution is -2.45. The Kier molecular flexibility index (Phi) is 8.04. The number of aromatic hydroxyl groups is 1. The molecule has 3 rings (SSSR count). The Morgan fingerprint density at radius 2 is 1.90 bits per heavy atom. The molecule has 0 radical (unpaired) electrons. The van der Waals surface area contributed by atoms with Crippen LogP contribution in [-0.4, -0.2) is 49.4 Å². The zero-order valence-corrected chi connectivity index (χ0v) is 18.9. The van der Waals surface area contributed by atoms with Crippen molar-refractivity contribution in [3.8, 4) is 17.2 Å². The van der Waals surface area contributed by atoms with Crippen LogP contribution in [0.1, 0.15) is 31.7 Å². The first-order valence-corrected chi connectivity index (χ1v) is 11.0. The number of phenols is 1. The number of carbonyl (C=O) groups excluding carboxylic acids is 1. The standard InChI is InChI=1S/C24H30ClNO5/c1-3-30-23(28)24(11-14-31-20-6-4-5-19(16-20)29-2)9-12-26(13-10-24)17-18-7-8-22(27)21(25)15-18/h4-8,15-16,27H,3,9-14,17H2,1-2H3. The van der Waals surface area contributed by atoms with Gasteiger partial charge in [0.1, 0.15) is 17.2 Å². The molecule has 1 aliphatic heterocycles. The number of esters is 1. The van der Waals surface area contributed by atoms with Gasteiger partial charge in [0, 0.05) is 12.6 Å². The lowest BCUT2D eigenvalue weighted by atomic mass is 9.75. The summed E-state index contributed by atoms with van der Waals surface area (Å²) in [5.74, 6) is 1.40. The highest BCUT2D eigenvalue weighted by atomic mass is 35.5. The molecule has 2 aromatic carbocycles. The van der Waals surface area contributed by atoms with Crippen molar-refractivity contribution in [1.82, 2.24) is 4.90 Å². The summed E-state index contributed by atoms with van der Waals surface area (Å²) >= 11 is 6.03. The van der Waals surface area contributed by atoms with E-state index in [0.717, 1.165) is 36.7 Å². The number of nitrogens with zero attached hydrogens (tertiary/aromatic N) is 1. The molecule has 2 aromatic rings. The SMILES string of the molecule is CCOC(=O)C1(CCOc2cccc(OC)c2)CCN(Cc2ccc(O)c(Cl)c2)CC1. The normalized spacial score (nSPS) is 16.0. The van der Waals surface area contributed by atoms with Crippen LogP contribution >= 0.6 is 11.6 Å². The number of hydrogen-bond donors (Lipinski definition) is 1. The molecule has 1 fully saturated rings. The lowest BCUT2D eigenvalue weighted by Gasteiger charge is -2.40. The van der Waals surface area contributed by atoms with Crippen LogP contribution in [0.15, 0.2) is 42.5 Å². The first kappa shape index (κ1) is 23.2. The number of carbonyl (C=O) groups is 1. The molecule has 1 heterocycles. The number of piperidine rings is 1. The fourth-order valence-corrected chi connectivity index (χ4v) is 4.14. The number of hydrogen-bond acceptors (Lipinski definition) is 6. The molecule has 1 saturated heterocycles. The summed E-state index contributed by atoms with van der Waals surface area (Å²) in [7, 11) is 1.62. The van der Waals surface area contributed by atoms with E-state index in [4.69, 9.17) is 25.8 Å². The third-order valence-corrected chi connectivity index (χ3v) is 6.13. The number of ether oxygens (including phenoxy) is 3. The molecule has 0 bridgehead atoms. The average molecular weight is 448 g/mol. The van der Waals surface area contributed by atoms with Crippen molar-refractivity contribution in [1.29, 1.82) is 0 Å². The minimum absolute atomic E-state index is 0.0847. The maximum Gasteiger partial charge on any atom is 0.312 e. The van der Waals surface area contributed by atoms with E-state index in [1.165, 1.54) is 0 Å². The molecule has 6 nitrogen and oxygen atoms in total. The summed E-state index contributed by atoms with van der Waals surface area (Å²) in [5, 5.41) is 9.96. The van der Waals surface area contributed by atoms with Crippen molar-refractivity contribution in [2.75, 3.05) is 33.4 Å². The maximum absolute atomic E-state index is 12.8. The molecule has 168 valence electrons. The first-order chi connectivity index (χ1) is 15.0. The van der Waals surface area contributed by atoms with Crippen molar-refractivity contribution in [3.05, 3.63) is 53.1 Å². The van der Waals surface area contributed by atoms with Crippen LogP contribution in [0.4, 0.5) is 0 Å². The quantitative estimate of drug-likeness (QED) is 0.563. The van der Waals surface area contributed by atoms with Gasteiger partial charge in [-0.1, -0.05) is 23.7 Å². The van der Waals surface area contributed by atoms with Gasteiger partial charge in [0.05, 0.1) is 30.8 Å². The molecule has 0 spiro atoms. The van der Waals surface area contributed by atoms with Crippen molar-refractivity contribution >= 4 is 17.6 Å². The van der Waals surface area contributed by atoms with Gasteiger partial charge in [0.2, 0.25) is 0 Å². The fraction of sp³-hybridized carbons (Fsp3) is 0.458. The number of rotatable bonds is 9. The van der Waals surface area contributed by atoms with E-state index >= 15 is 0 Å². The molecule has 7 heteroatoms. The summed E-state index contributed by atoms with van der Waals surface area (Å²) in [6.45, 7) is 4.90. The zero-order chi connectivity index (χ0) is 22.3. The molecule has 1 N–H and O–H groups in total. The minimum Gasteiger partial charge on any atom is -0.506 e. The minimum atomic E-state index is -0.544. The second-order valence-corrected chi connectivity index (χ2v) is 8.25.